The maximum Gasteiger partial charge on any atom is 0.337 e. The number of benzene rings is 5. The van der Waals surface area contributed by atoms with Crippen LogP contribution in [-0.2, 0) is 89.1 Å². The third-order valence-corrected chi connectivity index (χ3v) is 11.7. The number of carbonyl (C=O) groups is 2. The second-order valence-electron chi connectivity index (χ2n) is 15.5. The van der Waals surface area contributed by atoms with Crippen LogP contribution in [0.3, 0.4) is 0 Å². The largest absolute Gasteiger partial charge is 0.467 e. The van der Waals surface area contributed by atoms with Gasteiger partial charge in [0.25, 0.3) is 0 Å². The molecule has 0 radical (unpaired) electrons. The Hall–Kier alpha value is -4.97. The molecule has 0 amide bonds. The number of aliphatic hydroxyl groups excluding tert-OH is 1. The van der Waals surface area contributed by atoms with E-state index in [1.807, 2.05) is 140 Å². The lowest BCUT2D eigenvalue weighted by atomic mass is 9.98. The molecule has 7 unspecified atom stereocenters. The Bertz CT molecular complexity index is 2100. The van der Waals surface area contributed by atoms with Crippen molar-refractivity contribution in [2.75, 3.05) is 33.2 Å². The third-order valence-electron chi connectivity index (χ3n) is 10.7. The molecule has 1 aliphatic rings. The van der Waals surface area contributed by atoms with Gasteiger partial charge in [-0.15, -0.1) is 0 Å². The molecule has 5 aromatic rings. The Labute approximate surface area is 391 Å². The SMILES string of the molecule is COC(=O)C1OC(OC[C@H](OCc2ccccc2)C(OCCSCc2ccccc2)OC(C(=O)OC)[C@@H](C)OCc2ccccc2)C(OCc2ccccc2)C(OCc2ccccc2)C1O. The van der Waals surface area contributed by atoms with E-state index in [1.165, 1.54) is 19.8 Å². The first-order valence-corrected chi connectivity index (χ1v) is 23.1. The number of ether oxygens (including phenoxy) is 10. The Balaban J connectivity index is 1.29. The molecular formula is C52H60O13S. The fourth-order valence-electron chi connectivity index (χ4n) is 7.07. The Kier molecular flexibility index (Phi) is 21.1. The van der Waals surface area contributed by atoms with E-state index in [0.717, 1.165) is 28.0 Å². The van der Waals surface area contributed by atoms with E-state index < -0.39 is 67.2 Å². The van der Waals surface area contributed by atoms with Gasteiger partial charge in [-0.25, -0.2) is 9.59 Å². The van der Waals surface area contributed by atoms with E-state index in [-0.39, 0.29) is 39.6 Å². The lowest BCUT2D eigenvalue weighted by Gasteiger charge is -2.43. The van der Waals surface area contributed by atoms with Gasteiger partial charge >= 0.3 is 11.9 Å². The molecule has 1 fully saturated rings. The Morgan fingerprint density at radius 1 is 0.606 bits per heavy atom. The quantitative estimate of drug-likeness (QED) is 0.0316. The lowest BCUT2D eigenvalue weighted by Crippen LogP contribution is -2.62. The van der Waals surface area contributed by atoms with Crippen molar-refractivity contribution in [2.24, 2.45) is 0 Å². The van der Waals surface area contributed by atoms with Crippen molar-refractivity contribution in [3.63, 3.8) is 0 Å². The maximum atomic E-state index is 13.6. The summed E-state index contributed by atoms with van der Waals surface area (Å²) in [4.78, 5) is 26.8. The highest BCUT2D eigenvalue weighted by molar-refractivity contribution is 7.98. The molecule has 14 heteroatoms. The number of aliphatic hydroxyl groups is 1. The number of hydrogen-bond acceptors (Lipinski definition) is 14. The van der Waals surface area contributed by atoms with Gasteiger partial charge in [-0.05, 0) is 34.7 Å². The summed E-state index contributed by atoms with van der Waals surface area (Å²) in [6.45, 7) is 2.16. The van der Waals surface area contributed by atoms with Gasteiger partial charge in [0.1, 0.15) is 24.4 Å². The summed E-state index contributed by atoms with van der Waals surface area (Å²) < 4.78 is 62.0. The standard InChI is InChI=1S/C52H60O13S/c1-37(59-31-38-19-9-4-10-20-38)45(49(54)56-2)64-51(58-29-30-66-36-42-27-17-8-18-28-42)43(60-32-39-21-11-5-12-22-39)35-63-52-48(62-34-41-25-15-7-16-26-41)46(44(53)47(65-52)50(55)57-3)61-33-40-23-13-6-14-24-40/h4-28,37,43-48,51-53H,29-36H2,1-3H3/t37-,43+,44?,45?,46?,47?,48?,51?,52?/m1/s1. The van der Waals surface area contributed by atoms with E-state index in [4.69, 9.17) is 47.4 Å². The maximum absolute atomic E-state index is 13.6. The molecule has 0 saturated carbocycles. The summed E-state index contributed by atoms with van der Waals surface area (Å²) in [5.74, 6) is -0.176. The molecule has 352 valence electrons. The van der Waals surface area contributed by atoms with Crippen molar-refractivity contribution < 1.29 is 62.1 Å². The van der Waals surface area contributed by atoms with E-state index in [1.54, 1.807) is 18.7 Å². The summed E-state index contributed by atoms with van der Waals surface area (Å²) >= 11 is 1.67. The number of methoxy groups -OCH3 is 2. The predicted molar refractivity (Wildman–Crippen MR) is 248 cm³/mol. The zero-order chi connectivity index (χ0) is 46.4. The molecule has 5 aromatic carbocycles. The summed E-state index contributed by atoms with van der Waals surface area (Å²) in [6, 6.07) is 48.1. The highest BCUT2D eigenvalue weighted by Gasteiger charge is 2.51. The summed E-state index contributed by atoms with van der Waals surface area (Å²) in [7, 11) is 2.49. The van der Waals surface area contributed by atoms with Gasteiger partial charge in [0.15, 0.2) is 24.8 Å². The van der Waals surface area contributed by atoms with Gasteiger partial charge in [0.05, 0.1) is 60.0 Å². The number of esters is 2. The molecule has 0 aromatic heterocycles. The van der Waals surface area contributed by atoms with Gasteiger partial charge < -0.3 is 52.5 Å². The van der Waals surface area contributed by atoms with Crippen molar-refractivity contribution in [1.82, 2.24) is 0 Å². The highest BCUT2D eigenvalue weighted by atomic mass is 32.2. The molecule has 66 heavy (non-hydrogen) atoms. The molecule has 6 rings (SSSR count). The van der Waals surface area contributed by atoms with Gasteiger partial charge in [-0.3, -0.25) is 0 Å². The first-order chi connectivity index (χ1) is 32.3. The van der Waals surface area contributed by atoms with Crippen LogP contribution in [0.15, 0.2) is 152 Å². The van der Waals surface area contributed by atoms with Crippen LogP contribution in [-0.4, -0.2) is 106 Å². The number of thioether (sulfide) groups is 1. The Morgan fingerprint density at radius 2 is 1.09 bits per heavy atom. The van der Waals surface area contributed by atoms with Crippen LogP contribution >= 0.6 is 11.8 Å². The van der Waals surface area contributed by atoms with Crippen LogP contribution in [0.4, 0.5) is 0 Å². The smallest absolute Gasteiger partial charge is 0.337 e. The van der Waals surface area contributed by atoms with E-state index >= 15 is 0 Å². The predicted octanol–water partition coefficient (Wildman–Crippen LogP) is 7.46. The first kappa shape index (κ1) is 50.4. The van der Waals surface area contributed by atoms with Gasteiger partial charge in [0.2, 0.25) is 0 Å². The lowest BCUT2D eigenvalue weighted by molar-refractivity contribution is -0.324. The number of rotatable bonds is 27. The van der Waals surface area contributed by atoms with Crippen molar-refractivity contribution in [3.8, 4) is 0 Å². The van der Waals surface area contributed by atoms with Crippen molar-refractivity contribution in [2.45, 2.75) is 94.4 Å². The fraction of sp³-hybridized carbons (Fsp3) is 0.385. The van der Waals surface area contributed by atoms with E-state index in [2.05, 4.69) is 12.1 Å². The van der Waals surface area contributed by atoms with Crippen molar-refractivity contribution in [1.29, 1.82) is 0 Å². The van der Waals surface area contributed by atoms with Crippen LogP contribution in [0.1, 0.15) is 34.7 Å². The molecule has 13 nitrogen and oxygen atoms in total. The van der Waals surface area contributed by atoms with Crippen LogP contribution in [0, 0.1) is 0 Å². The summed E-state index contributed by atoms with van der Waals surface area (Å²) in [5, 5.41) is 11.7. The highest BCUT2D eigenvalue weighted by Crippen LogP contribution is 2.30. The van der Waals surface area contributed by atoms with Crippen LogP contribution < -0.4 is 0 Å². The minimum absolute atomic E-state index is 0.0860. The molecule has 0 aliphatic carbocycles. The second-order valence-corrected chi connectivity index (χ2v) is 16.6. The minimum Gasteiger partial charge on any atom is -0.467 e. The van der Waals surface area contributed by atoms with Gasteiger partial charge in [0, 0.05) is 11.5 Å². The molecular weight excluding hydrogens is 865 g/mol. The molecule has 0 spiro atoms. The van der Waals surface area contributed by atoms with E-state index in [0.29, 0.717) is 5.75 Å². The second kappa shape index (κ2) is 27.6. The molecule has 1 aliphatic heterocycles. The normalized spacial score (nSPS) is 20.2. The number of carbonyl (C=O) groups excluding carboxylic acids is 2. The van der Waals surface area contributed by atoms with E-state index in [9.17, 15) is 14.7 Å². The van der Waals surface area contributed by atoms with Crippen molar-refractivity contribution in [3.05, 3.63) is 179 Å². The molecule has 9 atom stereocenters. The number of hydrogen-bond donors (Lipinski definition) is 1. The molecule has 1 N–H and O–H groups in total. The average molecular weight is 925 g/mol. The topological polar surface area (TPSA) is 147 Å². The molecule has 1 saturated heterocycles. The summed E-state index contributed by atoms with van der Waals surface area (Å²) in [6.07, 6.45) is -10.9. The monoisotopic (exact) mass is 924 g/mol. The summed E-state index contributed by atoms with van der Waals surface area (Å²) in [5.41, 5.74) is 4.61. The van der Waals surface area contributed by atoms with Crippen LogP contribution in [0.25, 0.3) is 0 Å². The van der Waals surface area contributed by atoms with Crippen LogP contribution in [0.2, 0.25) is 0 Å². The molecule has 1 heterocycles. The van der Waals surface area contributed by atoms with Gasteiger partial charge in [-0.2, -0.15) is 11.8 Å². The van der Waals surface area contributed by atoms with Crippen molar-refractivity contribution >= 4 is 23.7 Å². The fourth-order valence-corrected chi connectivity index (χ4v) is 7.86. The third kappa shape index (κ3) is 15.8. The minimum atomic E-state index is -1.50. The first-order valence-electron chi connectivity index (χ1n) is 21.9. The van der Waals surface area contributed by atoms with Gasteiger partial charge in [-0.1, -0.05) is 152 Å². The molecule has 0 bridgehead atoms. The zero-order valence-corrected chi connectivity index (χ0v) is 38.4. The average Bonchev–Trinajstić information content (AvgIpc) is 3.37. The Morgan fingerprint density at radius 3 is 1.61 bits per heavy atom. The zero-order valence-electron chi connectivity index (χ0n) is 37.5. The van der Waals surface area contributed by atoms with Crippen LogP contribution in [0.5, 0.6) is 0 Å².